The lowest BCUT2D eigenvalue weighted by molar-refractivity contribution is -0.120. The van der Waals surface area contributed by atoms with Crippen LogP contribution < -0.4 is 10.5 Å². The summed E-state index contributed by atoms with van der Waals surface area (Å²) in [5.74, 6) is -0.344. The van der Waals surface area contributed by atoms with E-state index in [0.29, 0.717) is 6.42 Å². The van der Waals surface area contributed by atoms with Gasteiger partial charge in [0, 0.05) is 13.0 Å². The Labute approximate surface area is 72.4 Å². The zero-order valence-corrected chi connectivity index (χ0v) is 7.86. The van der Waals surface area contributed by atoms with Crippen molar-refractivity contribution in [3.8, 4) is 0 Å². The van der Waals surface area contributed by atoms with Crippen LogP contribution in [-0.2, 0) is 14.8 Å². The Bertz CT molecular complexity index is 235. The molecule has 0 rings (SSSR count). The van der Waals surface area contributed by atoms with Gasteiger partial charge < -0.3 is 5.32 Å². The third kappa shape index (κ3) is 7.49. The quantitative estimate of drug-likeness (QED) is 0.600. The highest BCUT2D eigenvalue weighted by Gasteiger charge is 2.03. The highest BCUT2D eigenvalue weighted by molar-refractivity contribution is 7.89. The van der Waals surface area contributed by atoms with Crippen molar-refractivity contribution in [1.82, 2.24) is 5.32 Å². The second kappa shape index (κ2) is 5.10. The molecule has 6 heteroatoms. The maximum Gasteiger partial charge on any atom is 0.220 e. The largest absolute Gasteiger partial charge is 0.355 e. The topological polar surface area (TPSA) is 89.3 Å². The molecule has 12 heavy (non-hydrogen) atoms. The van der Waals surface area contributed by atoms with Gasteiger partial charge in [-0.1, -0.05) is 6.92 Å². The van der Waals surface area contributed by atoms with Gasteiger partial charge in [0.15, 0.2) is 0 Å². The van der Waals surface area contributed by atoms with Gasteiger partial charge in [-0.2, -0.15) is 0 Å². The van der Waals surface area contributed by atoms with E-state index >= 15 is 0 Å². The first-order valence-corrected chi connectivity index (χ1v) is 5.44. The molecule has 0 aromatic heterocycles. The molecule has 0 aromatic carbocycles. The number of carbonyl (C=O) groups excluding carboxylic acids is 1. The molecule has 5 nitrogen and oxygen atoms in total. The summed E-state index contributed by atoms with van der Waals surface area (Å²) in [5.41, 5.74) is 0. The number of rotatable bonds is 5. The molecule has 0 saturated heterocycles. The zero-order chi connectivity index (χ0) is 9.61. The summed E-state index contributed by atoms with van der Waals surface area (Å²) in [6, 6.07) is 0. The van der Waals surface area contributed by atoms with Crippen molar-refractivity contribution in [1.29, 1.82) is 0 Å². The monoisotopic (exact) mass is 194 g/mol. The van der Waals surface area contributed by atoms with E-state index in [1.807, 2.05) is 6.92 Å². The summed E-state index contributed by atoms with van der Waals surface area (Å²) in [4.78, 5) is 10.8. The molecule has 0 aromatic rings. The summed E-state index contributed by atoms with van der Waals surface area (Å²) in [6.07, 6.45) is 1.17. The second-order valence-corrected chi connectivity index (χ2v) is 4.20. The Morgan fingerprint density at radius 1 is 1.50 bits per heavy atom. The van der Waals surface area contributed by atoms with Crippen molar-refractivity contribution in [3.05, 3.63) is 0 Å². The zero-order valence-electron chi connectivity index (χ0n) is 7.04. The molecule has 0 radical (unpaired) electrons. The van der Waals surface area contributed by atoms with Gasteiger partial charge >= 0.3 is 0 Å². The summed E-state index contributed by atoms with van der Waals surface area (Å²) < 4.78 is 20.8. The minimum atomic E-state index is -3.45. The normalized spacial score (nSPS) is 11.2. The molecule has 0 aliphatic heterocycles. The Hall–Kier alpha value is -0.620. The molecular formula is C6H14N2O3S. The minimum absolute atomic E-state index is 0.0949. The van der Waals surface area contributed by atoms with Crippen LogP contribution in [0.25, 0.3) is 0 Å². The standard InChI is InChI=1S/C6H14N2O3S/c1-2-3-6(9)8-4-5-12(7,10)11/h2-5H2,1H3,(H,8,9)(H2,7,10,11). The van der Waals surface area contributed by atoms with Crippen LogP contribution in [0, 0.1) is 0 Å². The van der Waals surface area contributed by atoms with Crippen LogP contribution in [0.4, 0.5) is 0 Å². The van der Waals surface area contributed by atoms with Crippen LogP contribution in [0.5, 0.6) is 0 Å². The van der Waals surface area contributed by atoms with Crippen LogP contribution in [0.3, 0.4) is 0 Å². The SMILES string of the molecule is CCCC(=O)NCCS(N)(=O)=O. The van der Waals surface area contributed by atoms with Gasteiger partial charge in [0.1, 0.15) is 0 Å². The van der Waals surface area contributed by atoms with E-state index in [2.05, 4.69) is 5.32 Å². The number of nitrogens with two attached hydrogens (primary N) is 1. The van der Waals surface area contributed by atoms with Gasteiger partial charge in [0.2, 0.25) is 15.9 Å². The van der Waals surface area contributed by atoms with Gasteiger partial charge in [0.25, 0.3) is 0 Å². The van der Waals surface area contributed by atoms with E-state index in [9.17, 15) is 13.2 Å². The molecule has 3 N–H and O–H groups in total. The molecule has 0 unspecified atom stereocenters. The summed E-state index contributed by atoms with van der Waals surface area (Å²) in [7, 11) is -3.45. The van der Waals surface area contributed by atoms with Gasteiger partial charge in [0.05, 0.1) is 5.75 Å². The van der Waals surface area contributed by atoms with Crippen LogP contribution in [0.2, 0.25) is 0 Å². The van der Waals surface area contributed by atoms with E-state index < -0.39 is 10.0 Å². The second-order valence-electron chi connectivity index (χ2n) is 2.47. The lowest BCUT2D eigenvalue weighted by atomic mass is 10.3. The molecular weight excluding hydrogens is 180 g/mol. The first-order chi connectivity index (χ1) is 5.45. The first-order valence-electron chi connectivity index (χ1n) is 3.73. The number of carbonyl (C=O) groups is 1. The van der Waals surface area contributed by atoms with E-state index in [4.69, 9.17) is 5.14 Å². The van der Waals surface area contributed by atoms with Crippen molar-refractivity contribution in [2.75, 3.05) is 12.3 Å². The molecule has 0 heterocycles. The lowest BCUT2D eigenvalue weighted by Gasteiger charge is -2.01. The Morgan fingerprint density at radius 3 is 2.50 bits per heavy atom. The maximum absolute atomic E-state index is 10.8. The van der Waals surface area contributed by atoms with Crippen molar-refractivity contribution in [2.24, 2.45) is 5.14 Å². The third-order valence-electron chi connectivity index (χ3n) is 1.19. The van der Waals surface area contributed by atoms with Gasteiger partial charge in [-0.3, -0.25) is 4.79 Å². The molecule has 0 saturated carbocycles. The maximum atomic E-state index is 10.8. The fraction of sp³-hybridized carbons (Fsp3) is 0.833. The highest BCUT2D eigenvalue weighted by Crippen LogP contribution is 1.85. The molecule has 72 valence electrons. The highest BCUT2D eigenvalue weighted by atomic mass is 32.2. The first kappa shape index (κ1) is 11.4. The van der Waals surface area contributed by atoms with E-state index in [-0.39, 0.29) is 18.2 Å². The number of hydrogen-bond acceptors (Lipinski definition) is 3. The van der Waals surface area contributed by atoms with Crippen LogP contribution >= 0.6 is 0 Å². The van der Waals surface area contributed by atoms with Crippen molar-refractivity contribution in [2.45, 2.75) is 19.8 Å². The fourth-order valence-corrected chi connectivity index (χ4v) is 1.03. The smallest absolute Gasteiger partial charge is 0.220 e. The lowest BCUT2D eigenvalue weighted by Crippen LogP contribution is -2.31. The predicted molar refractivity (Wildman–Crippen MR) is 45.9 cm³/mol. The predicted octanol–water partition coefficient (Wildman–Crippen LogP) is -0.809. The van der Waals surface area contributed by atoms with Crippen molar-refractivity contribution in [3.63, 3.8) is 0 Å². The minimum Gasteiger partial charge on any atom is -0.355 e. The Balaban J connectivity index is 3.51. The molecule has 0 fully saturated rings. The fourth-order valence-electron chi connectivity index (χ4n) is 0.648. The molecule has 1 amide bonds. The molecule has 0 bridgehead atoms. The summed E-state index contributed by atoms with van der Waals surface area (Å²) in [5, 5.41) is 7.16. The molecule has 0 spiro atoms. The van der Waals surface area contributed by atoms with Crippen molar-refractivity contribution < 1.29 is 13.2 Å². The van der Waals surface area contributed by atoms with E-state index in [1.165, 1.54) is 0 Å². The number of amides is 1. The van der Waals surface area contributed by atoms with Gasteiger partial charge in [-0.25, -0.2) is 13.6 Å². The van der Waals surface area contributed by atoms with Crippen molar-refractivity contribution >= 4 is 15.9 Å². The number of nitrogens with one attached hydrogen (secondary N) is 1. The average molecular weight is 194 g/mol. The summed E-state index contributed by atoms with van der Waals surface area (Å²) >= 11 is 0. The third-order valence-corrected chi connectivity index (χ3v) is 1.96. The Kier molecular flexibility index (Phi) is 4.84. The van der Waals surface area contributed by atoms with E-state index in [0.717, 1.165) is 6.42 Å². The van der Waals surface area contributed by atoms with E-state index in [1.54, 1.807) is 0 Å². The van der Waals surface area contributed by atoms with Gasteiger partial charge in [-0.05, 0) is 6.42 Å². The van der Waals surface area contributed by atoms with Crippen LogP contribution in [-0.4, -0.2) is 26.6 Å². The van der Waals surface area contributed by atoms with Crippen LogP contribution in [0.15, 0.2) is 0 Å². The number of sulfonamides is 1. The molecule has 0 atom stereocenters. The van der Waals surface area contributed by atoms with Crippen LogP contribution in [0.1, 0.15) is 19.8 Å². The number of hydrogen-bond donors (Lipinski definition) is 2. The van der Waals surface area contributed by atoms with Gasteiger partial charge in [-0.15, -0.1) is 0 Å². The molecule has 0 aliphatic carbocycles. The Morgan fingerprint density at radius 2 is 2.08 bits per heavy atom. The average Bonchev–Trinajstić information content (AvgIpc) is 1.84. The molecule has 0 aliphatic rings. The summed E-state index contributed by atoms with van der Waals surface area (Å²) in [6.45, 7) is 1.97. The number of primary sulfonamides is 1.